The fraction of sp³-hybridized carbons (Fsp3) is 0.692. The van der Waals surface area contributed by atoms with Gasteiger partial charge in [0.25, 0.3) is 0 Å². The molecule has 5 N–H and O–H groups in total. The van der Waals surface area contributed by atoms with Crippen LogP contribution < -0.4 is 16.4 Å². The molecule has 0 aromatic carbocycles. The topological polar surface area (TPSA) is 96.1 Å². The van der Waals surface area contributed by atoms with Crippen LogP contribution in [-0.2, 0) is 0 Å². The zero-order valence-electron chi connectivity index (χ0n) is 11.4. The number of aliphatic hydroxyl groups is 1. The van der Waals surface area contributed by atoms with E-state index in [0.29, 0.717) is 12.4 Å². The highest BCUT2D eigenvalue weighted by molar-refractivity contribution is 5.51. The highest BCUT2D eigenvalue weighted by atomic mass is 16.3. The third-order valence-corrected chi connectivity index (χ3v) is 3.43. The zero-order chi connectivity index (χ0) is 13.7. The van der Waals surface area contributed by atoms with Crippen molar-refractivity contribution < 1.29 is 5.11 Å². The van der Waals surface area contributed by atoms with E-state index in [-0.39, 0.29) is 5.95 Å². The predicted molar refractivity (Wildman–Crippen MR) is 77.1 cm³/mol. The lowest BCUT2D eigenvalue weighted by atomic mass is 10.0. The Labute approximate surface area is 113 Å². The molecule has 0 unspecified atom stereocenters. The van der Waals surface area contributed by atoms with Gasteiger partial charge in [0.05, 0.1) is 5.60 Å². The number of rotatable bonds is 6. The van der Waals surface area contributed by atoms with E-state index >= 15 is 0 Å². The Morgan fingerprint density at radius 1 is 1.26 bits per heavy atom. The largest absolute Gasteiger partial charge is 0.388 e. The van der Waals surface area contributed by atoms with E-state index in [0.717, 1.165) is 44.5 Å². The summed E-state index contributed by atoms with van der Waals surface area (Å²) in [5.74, 6) is 1.61. The number of hydrogen-bond donors (Lipinski definition) is 4. The Kier molecular flexibility index (Phi) is 4.42. The smallest absolute Gasteiger partial charge is 0.223 e. The van der Waals surface area contributed by atoms with Gasteiger partial charge in [0.15, 0.2) is 0 Å². The van der Waals surface area contributed by atoms with Gasteiger partial charge in [0.1, 0.15) is 11.6 Å². The number of nitrogens with two attached hydrogens (primary N) is 1. The predicted octanol–water partition coefficient (Wildman–Crippen LogP) is 1.60. The second-order valence-electron chi connectivity index (χ2n) is 5.21. The fourth-order valence-electron chi connectivity index (χ4n) is 2.37. The van der Waals surface area contributed by atoms with E-state index in [1.54, 1.807) is 0 Å². The Bertz CT molecular complexity index is 417. The number of nitrogens with zero attached hydrogens (tertiary/aromatic N) is 2. The van der Waals surface area contributed by atoms with Crippen molar-refractivity contribution in [1.29, 1.82) is 0 Å². The van der Waals surface area contributed by atoms with Crippen LogP contribution in [0.1, 0.15) is 39.0 Å². The number of nitrogens with one attached hydrogen (secondary N) is 2. The van der Waals surface area contributed by atoms with E-state index in [9.17, 15) is 5.11 Å². The molecule has 0 amide bonds. The lowest BCUT2D eigenvalue weighted by molar-refractivity contribution is 0.0614. The molecule has 1 saturated carbocycles. The van der Waals surface area contributed by atoms with E-state index in [2.05, 4.69) is 27.5 Å². The zero-order valence-corrected chi connectivity index (χ0v) is 11.4. The normalized spacial score (nSPS) is 17.4. The number of hydrogen-bond acceptors (Lipinski definition) is 6. The van der Waals surface area contributed by atoms with Crippen LogP contribution in [0.2, 0.25) is 0 Å². The lowest BCUT2D eigenvalue weighted by Crippen LogP contribution is -2.33. The third-order valence-electron chi connectivity index (χ3n) is 3.43. The van der Waals surface area contributed by atoms with Crippen LogP contribution in [0.4, 0.5) is 17.6 Å². The average Bonchev–Trinajstić information content (AvgIpc) is 2.81. The van der Waals surface area contributed by atoms with Crippen molar-refractivity contribution >= 4 is 17.6 Å². The molecule has 6 heteroatoms. The summed E-state index contributed by atoms with van der Waals surface area (Å²) in [6.07, 6.45) is 4.90. The van der Waals surface area contributed by atoms with Gasteiger partial charge in [-0.15, -0.1) is 0 Å². The Morgan fingerprint density at radius 2 is 1.89 bits per heavy atom. The Hall–Kier alpha value is -1.56. The SMILES string of the molecule is CCCNc1cc(NCC2(O)CCCC2)nc(N)n1. The summed E-state index contributed by atoms with van der Waals surface area (Å²) < 4.78 is 0. The molecule has 2 rings (SSSR count). The first-order valence-corrected chi connectivity index (χ1v) is 6.96. The van der Waals surface area contributed by atoms with Gasteiger partial charge >= 0.3 is 0 Å². The maximum absolute atomic E-state index is 10.3. The minimum atomic E-state index is -0.600. The first kappa shape index (κ1) is 13.9. The summed E-state index contributed by atoms with van der Waals surface area (Å²) >= 11 is 0. The summed E-state index contributed by atoms with van der Waals surface area (Å²) in [4.78, 5) is 8.26. The second kappa shape index (κ2) is 6.06. The van der Waals surface area contributed by atoms with Gasteiger partial charge in [-0.1, -0.05) is 19.8 Å². The van der Waals surface area contributed by atoms with Crippen molar-refractivity contribution in [3.8, 4) is 0 Å². The highest BCUT2D eigenvalue weighted by Crippen LogP contribution is 2.29. The van der Waals surface area contributed by atoms with Crippen molar-refractivity contribution in [1.82, 2.24) is 9.97 Å². The molecule has 0 spiro atoms. The van der Waals surface area contributed by atoms with E-state index in [1.165, 1.54) is 0 Å². The Balaban J connectivity index is 1.97. The molecule has 0 radical (unpaired) electrons. The summed E-state index contributed by atoms with van der Waals surface area (Å²) in [7, 11) is 0. The van der Waals surface area contributed by atoms with Gasteiger partial charge in [-0.3, -0.25) is 0 Å². The lowest BCUT2D eigenvalue weighted by Gasteiger charge is -2.22. The molecule has 1 heterocycles. The molecule has 1 aromatic heterocycles. The summed E-state index contributed by atoms with van der Waals surface area (Å²) in [6.45, 7) is 3.45. The summed E-state index contributed by atoms with van der Waals surface area (Å²) in [5.41, 5.74) is 5.08. The molecule has 0 bridgehead atoms. The first-order chi connectivity index (χ1) is 9.11. The molecule has 0 saturated heterocycles. The van der Waals surface area contributed by atoms with Crippen LogP contribution >= 0.6 is 0 Å². The van der Waals surface area contributed by atoms with Gasteiger partial charge in [-0.25, -0.2) is 0 Å². The van der Waals surface area contributed by atoms with Gasteiger partial charge in [-0.05, 0) is 19.3 Å². The quantitative estimate of drug-likeness (QED) is 0.624. The van der Waals surface area contributed by atoms with E-state index in [4.69, 9.17) is 5.73 Å². The minimum absolute atomic E-state index is 0.238. The molecule has 1 fully saturated rings. The molecule has 1 aliphatic carbocycles. The maximum atomic E-state index is 10.3. The second-order valence-corrected chi connectivity index (χ2v) is 5.21. The monoisotopic (exact) mass is 265 g/mol. The number of anilines is 3. The third kappa shape index (κ3) is 3.96. The fourth-order valence-corrected chi connectivity index (χ4v) is 2.37. The molecule has 1 aromatic rings. The van der Waals surface area contributed by atoms with Crippen molar-refractivity contribution in [3.05, 3.63) is 6.07 Å². The highest BCUT2D eigenvalue weighted by Gasteiger charge is 2.30. The molecule has 1 aliphatic rings. The van der Waals surface area contributed by atoms with Crippen LogP contribution in [0.15, 0.2) is 6.07 Å². The molecular formula is C13H23N5O. The molecule has 0 atom stereocenters. The van der Waals surface area contributed by atoms with Gasteiger partial charge in [0, 0.05) is 19.2 Å². The van der Waals surface area contributed by atoms with Crippen molar-refractivity contribution in [2.45, 2.75) is 44.6 Å². The minimum Gasteiger partial charge on any atom is -0.388 e. The van der Waals surface area contributed by atoms with Crippen LogP contribution in [0.25, 0.3) is 0 Å². The molecule has 0 aliphatic heterocycles. The van der Waals surface area contributed by atoms with Crippen molar-refractivity contribution in [3.63, 3.8) is 0 Å². The molecule has 19 heavy (non-hydrogen) atoms. The van der Waals surface area contributed by atoms with E-state index in [1.807, 2.05) is 6.07 Å². The van der Waals surface area contributed by atoms with E-state index < -0.39 is 5.60 Å². The maximum Gasteiger partial charge on any atom is 0.223 e. The van der Waals surface area contributed by atoms with Crippen LogP contribution in [0.5, 0.6) is 0 Å². The van der Waals surface area contributed by atoms with Crippen LogP contribution in [0.3, 0.4) is 0 Å². The number of aromatic nitrogens is 2. The molecule has 6 nitrogen and oxygen atoms in total. The summed E-state index contributed by atoms with van der Waals surface area (Å²) in [6, 6.07) is 1.82. The number of nitrogen functional groups attached to an aromatic ring is 1. The van der Waals surface area contributed by atoms with Crippen molar-refractivity contribution in [2.75, 3.05) is 29.5 Å². The molecule has 106 valence electrons. The first-order valence-electron chi connectivity index (χ1n) is 6.96. The standard InChI is InChI=1S/C13H23N5O/c1-2-7-15-10-8-11(18-12(14)17-10)16-9-13(19)5-3-4-6-13/h8,19H,2-7,9H2,1H3,(H4,14,15,16,17,18). The summed E-state index contributed by atoms with van der Waals surface area (Å²) in [5, 5.41) is 16.6. The average molecular weight is 265 g/mol. The molecular weight excluding hydrogens is 242 g/mol. The van der Waals surface area contributed by atoms with Crippen molar-refractivity contribution in [2.24, 2.45) is 0 Å². The van der Waals surface area contributed by atoms with Gasteiger partial charge in [0.2, 0.25) is 5.95 Å². The van der Waals surface area contributed by atoms with Crippen LogP contribution in [-0.4, -0.2) is 33.8 Å². The Morgan fingerprint density at radius 3 is 2.53 bits per heavy atom. The van der Waals surface area contributed by atoms with Crippen LogP contribution in [0, 0.1) is 0 Å². The van der Waals surface area contributed by atoms with Gasteiger partial charge in [-0.2, -0.15) is 9.97 Å². The van der Waals surface area contributed by atoms with Gasteiger partial charge < -0.3 is 21.5 Å².